The number of anilines is 2. The average Bonchev–Trinajstić information content (AvgIpc) is 2.78. The Morgan fingerprint density at radius 3 is 2.38 bits per heavy atom. The minimum Gasteiger partial charge on any atom is -0.493 e. The van der Waals surface area contributed by atoms with Gasteiger partial charge in [-0.3, -0.25) is 9.88 Å². The monoisotopic (exact) mass is 453 g/mol. The molecule has 0 bridgehead atoms. The second-order valence-corrected chi connectivity index (χ2v) is 9.09. The topological polar surface area (TPSA) is 89.0 Å². The normalized spacial score (nSPS) is 14.8. The molecule has 0 N–H and O–H groups in total. The van der Waals surface area contributed by atoms with E-state index in [4.69, 9.17) is 9.47 Å². The third-order valence-electron chi connectivity index (χ3n) is 5.50. The number of sulfonamides is 1. The van der Waals surface area contributed by atoms with Crippen LogP contribution in [-0.4, -0.2) is 33.7 Å². The van der Waals surface area contributed by atoms with Crippen LogP contribution in [0.25, 0.3) is 0 Å². The summed E-state index contributed by atoms with van der Waals surface area (Å²) in [6.07, 6.45) is 1.71. The zero-order valence-corrected chi connectivity index (χ0v) is 19.0. The number of amides is 2. The van der Waals surface area contributed by atoms with E-state index in [0.717, 1.165) is 21.1 Å². The number of urea groups is 1. The highest BCUT2D eigenvalue weighted by molar-refractivity contribution is 7.94. The molecule has 2 amide bonds. The molecule has 32 heavy (non-hydrogen) atoms. The van der Waals surface area contributed by atoms with Crippen LogP contribution in [0.3, 0.4) is 0 Å². The van der Waals surface area contributed by atoms with Crippen LogP contribution in [0.1, 0.15) is 16.8 Å². The molecule has 1 aliphatic rings. The van der Waals surface area contributed by atoms with Crippen molar-refractivity contribution >= 4 is 27.4 Å². The lowest BCUT2D eigenvalue weighted by Gasteiger charge is -2.36. The number of carbonyl (C=O) groups is 1. The fourth-order valence-electron chi connectivity index (χ4n) is 3.79. The standard InChI is InChI=1S/C23H23N3O5S/c1-15-11-12-24-16(2)18(15)14-25-19-7-5-6-8-22(19)32(28,29)26(23(25)27)17-9-10-20(30-3)21(13-17)31-4/h5-13H,14H2,1-4H3. The van der Waals surface area contributed by atoms with Gasteiger partial charge in [0, 0.05) is 18.0 Å². The number of hydrogen-bond acceptors (Lipinski definition) is 6. The van der Waals surface area contributed by atoms with E-state index in [-0.39, 0.29) is 17.1 Å². The van der Waals surface area contributed by atoms with Crippen LogP contribution >= 0.6 is 0 Å². The van der Waals surface area contributed by atoms with Crippen molar-refractivity contribution in [2.75, 3.05) is 23.4 Å². The summed E-state index contributed by atoms with van der Waals surface area (Å²) < 4.78 is 38.4. The van der Waals surface area contributed by atoms with Crippen molar-refractivity contribution in [2.24, 2.45) is 0 Å². The summed E-state index contributed by atoms with van der Waals surface area (Å²) in [5, 5.41) is 0. The average molecular weight is 454 g/mol. The molecular formula is C23H23N3O5S. The van der Waals surface area contributed by atoms with Crippen LogP contribution in [0.4, 0.5) is 16.2 Å². The van der Waals surface area contributed by atoms with Crippen LogP contribution in [0.2, 0.25) is 0 Å². The van der Waals surface area contributed by atoms with E-state index in [1.54, 1.807) is 30.5 Å². The number of aromatic nitrogens is 1. The molecule has 0 saturated carbocycles. The number of hydrogen-bond donors (Lipinski definition) is 0. The van der Waals surface area contributed by atoms with Crippen molar-refractivity contribution in [1.82, 2.24) is 4.98 Å². The van der Waals surface area contributed by atoms with Gasteiger partial charge >= 0.3 is 6.03 Å². The number of rotatable bonds is 5. The Labute approximate surface area is 187 Å². The van der Waals surface area contributed by atoms with Gasteiger partial charge in [-0.1, -0.05) is 12.1 Å². The molecule has 0 unspecified atom stereocenters. The Hall–Kier alpha value is -3.59. The third kappa shape index (κ3) is 3.44. The molecule has 0 fully saturated rings. The molecule has 2 aromatic carbocycles. The molecular weight excluding hydrogens is 430 g/mol. The minimum atomic E-state index is -4.14. The summed E-state index contributed by atoms with van der Waals surface area (Å²) in [4.78, 5) is 19.5. The predicted molar refractivity (Wildman–Crippen MR) is 121 cm³/mol. The van der Waals surface area contributed by atoms with Crippen molar-refractivity contribution in [1.29, 1.82) is 0 Å². The zero-order valence-electron chi connectivity index (χ0n) is 18.2. The highest BCUT2D eigenvalue weighted by atomic mass is 32.2. The van der Waals surface area contributed by atoms with Crippen LogP contribution in [0.15, 0.2) is 59.6 Å². The molecule has 166 valence electrons. The number of fused-ring (bicyclic) bond motifs is 1. The first-order chi connectivity index (χ1) is 15.3. The molecule has 0 aliphatic carbocycles. The summed E-state index contributed by atoms with van der Waals surface area (Å²) in [6.45, 7) is 3.99. The Kier molecular flexibility index (Phi) is 5.52. The fraction of sp³-hybridized carbons (Fsp3) is 0.217. The van der Waals surface area contributed by atoms with Gasteiger partial charge in [-0.15, -0.1) is 0 Å². The second-order valence-electron chi connectivity index (χ2n) is 7.34. The Balaban J connectivity index is 1.89. The molecule has 1 aromatic heterocycles. The summed E-state index contributed by atoms with van der Waals surface area (Å²) in [6, 6.07) is 12.2. The van der Waals surface area contributed by atoms with Crippen molar-refractivity contribution in [3.8, 4) is 11.5 Å². The van der Waals surface area contributed by atoms with E-state index in [0.29, 0.717) is 17.2 Å². The molecule has 2 heterocycles. The number of benzene rings is 2. The summed E-state index contributed by atoms with van der Waals surface area (Å²) in [5.41, 5.74) is 3.10. The number of pyridine rings is 1. The van der Waals surface area contributed by atoms with Gasteiger partial charge in [-0.2, -0.15) is 4.31 Å². The van der Waals surface area contributed by atoms with E-state index in [9.17, 15) is 13.2 Å². The van der Waals surface area contributed by atoms with Gasteiger partial charge in [0.25, 0.3) is 10.0 Å². The maximum absolute atomic E-state index is 13.7. The van der Waals surface area contributed by atoms with E-state index >= 15 is 0 Å². The highest BCUT2D eigenvalue weighted by Gasteiger charge is 2.43. The molecule has 9 heteroatoms. The molecule has 0 atom stereocenters. The van der Waals surface area contributed by atoms with E-state index in [1.165, 1.54) is 37.3 Å². The van der Waals surface area contributed by atoms with Gasteiger partial charge in [-0.25, -0.2) is 13.2 Å². The molecule has 0 radical (unpaired) electrons. The Morgan fingerprint density at radius 1 is 0.969 bits per heavy atom. The zero-order chi connectivity index (χ0) is 23.0. The van der Waals surface area contributed by atoms with Crippen LogP contribution in [0, 0.1) is 13.8 Å². The number of carbonyl (C=O) groups excluding carboxylic acids is 1. The van der Waals surface area contributed by atoms with Crippen LogP contribution < -0.4 is 18.7 Å². The molecule has 0 saturated heterocycles. The van der Waals surface area contributed by atoms with Crippen molar-refractivity contribution in [3.63, 3.8) is 0 Å². The van der Waals surface area contributed by atoms with Crippen molar-refractivity contribution in [2.45, 2.75) is 25.3 Å². The third-order valence-corrected chi connectivity index (χ3v) is 7.25. The van der Waals surface area contributed by atoms with Gasteiger partial charge in [0.1, 0.15) is 4.90 Å². The van der Waals surface area contributed by atoms with Gasteiger partial charge in [0.15, 0.2) is 11.5 Å². The quantitative estimate of drug-likeness (QED) is 0.579. The molecule has 4 rings (SSSR count). The highest BCUT2D eigenvalue weighted by Crippen LogP contribution is 2.40. The van der Waals surface area contributed by atoms with Crippen LogP contribution in [-0.2, 0) is 16.6 Å². The number of aryl methyl sites for hydroxylation is 2. The first-order valence-electron chi connectivity index (χ1n) is 9.88. The lowest BCUT2D eigenvalue weighted by atomic mass is 10.1. The Bertz CT molecular complexity index is 1290. The summed E-state index contributed by atoms with van der Waals surface area (Å²) >= 11 is 0. The summed E-state index contributed by atoms with van der Waals surface area (Å²) in [7, 11) is -1.21. The van der Waals surface area contributed by atoms with E-state index in [2.05, 4.69) is 4.98 Å². The SMILES string of the molecule is COc1ccc(N2C(=O)N(Cc3c(C)ccnc3C)c3ccccc3S2(=O)=O)cc1OC. The van der Waals surface area contributed by atoms with Gasteiger partial charge in [0.2, 0.25) is 0 Å². The lowest BCUT2D eigenvalue weighted by molar-refractivity contribution is 0.253. The van der Waals surface area contributed by atoms with Crippen molar-refractivity contribution in [3.05, 3.63) is 71.5 Å². The maximum Gasteiger partial charge on any atom is 0.343 e. The van der Waals surface area contributed by atoms with Gasteiger partial charge in [-0.05, 0) is 55.3 Å². The first-order valence-corrected chi connectivity index (χ1v) is 11.3. The molecule has 1 aliphatic heterocycles. The van der Waals surface area contributed by atoms with Gasteiger partial charge < -0.3 is 9.47 Å². The smallest absolute Gasteiger partial charge is 0.343 e. The number of methoxy groups -OCH3 is 2. The van der Waals surface area contributed by atoms with E-state index < -0.39 is 16.1 Å². The minimum absolute atomic E-state index is 0.0496. The Morgan fingerprint density at radius 2 is 1.69 bits per heavy atom. The molecule has 3 aromatic rings. The molecule has 0 spiro atoms. The molecule has 8 nitrogen and oxygen atoms in total. The summed E-state index contributed by atoms with van der Waals surface area (Å²) in [5.74, 6) is 0.745. The van der Waals surface area contributed by atoms with Gasteiger partial charge in [0.05, 0.1) is 32.1 Å². The van der Waals surface area contributed by atoms with E-state index in [1.807, 2.05) is 19.9 Å². The largest absolute Gasteiger partial charge is 0.493 e. The van der Waals surface area contributed by atoms with Crippen molar-refractivity contribution < 1.29 is 22.7 Å². The maximum atomic E-state index is 13.7. The number of para-hydroxylation sites is 1. The van der Waals surface area contributed by atoms with Crippen LogP contribution in [0.5, 0.6) is 11.5 Å². The first kappa shape index (κ1) is 21.6. The lowest BCUT2D eigenvalue weighted by Crippen LogP contribution is -2.50. The number of ether oxygens (including phenoxy) is 2. The second kappa shape index (κ2) is 8.16. The predicted octanol–water partition coefficient (Wildman–Crippen LogP) is 4.05. The fourth-order valence-corrected chi connectivity index (χ4v) is 5.37. The number of nitrogens with zero attached hydrogens (tertiary/aromatic N) is 3.